The molecule has 0 saturated heterocycles. The van der Waals surface area contributed by atoms with Gasteiger partial charge in [-0.05, 0) is 13.2 Å². The Kier molecular flexibility index (Phi) is 4.87. The average Bonchev–Trinajstić information content (AvgIpc) is 2.77. The minimum Gasteiger partial charge on any atom is -0.479 e. The first-order valence-corrected chi connectivity index (χ1v) is 7.96. The van der Waals surface area contributed by atoms with Gasteiger partial charge in [0.25, 0.3) is 0 Å². The summed E-state index contributed by atoms with van der Waals surface area (Å²) in [4.78, 5) is 13.0. The van der Waals surface area contributed by atoms with E-state index in [4.69, 9.17) is 16.3 Å². The molecule has 104 valence electrons. The third kappa shape index (κ3) is 2.79. The van der Waals surface area contributed by atoms with Gasteiger partial charge in [0.1, 0.15) is 12.2 Å². The molecule has 0 bridgehead atoms. The second-order valence-electron chi connectivity index (χ2n) is 4.20. The lowest BCUT2D eigenvalue weighted by Crippen LogP contribution is -2.12. The lowest BCUT2D eigenvalue weighted by Gasteiger charge is -2.15. The summed E-state index contributed by atoms with van der Waals surface area (Å²) in [5.41, 5.74) is 1.52. The number of imidazole rings is 1. The third-order valence-corrected chi connectivity index (χ3v) is 3.88. The van der Waals surface area contributed by atoms with Crippen LogP contribution in [-0.2, 0) is 6.42 Å². The van der Waals surface area contributed by atoms with Gasteiger partial charge in [-0.25, -0.2) is 9.97 Å². The number of aromatic nitrogens is 4. The van der Waals surface area contributed by atoms with Gasteiger partial charge in [0.15, 0.2) is 11.2 Å². The van der Waals surface area contributed by atoms with Gasteiger partial charge in [-0.2, -0.15) is 16.7 Å². The van der Waals surface area contributed by atoms with Gasteiger partial charge in [0.05, 0.1) is 7.11 Å². The van der Waals surface area contributed by atoms with Crippen LogP contribution in [0.4, 0.5) is 0 Å². The fourth-order valence-corrected chi connectivity index (χ4v) is 2.92. The minimum absolute atomic E-state index is 0.304. The summed E-state index contributed by atoms with van der Waals surface area (Å²) in [7, 11) is 1.59. The third-order valence-electron chi connectivity index (χ3n) is 2.88. The van der Waals surface area contributed by atoms with E-state index in [1.54, 1.807) is 18.9 Å². The fourth-order valence-electron chi connectivity index (χ4n) is 2.12. The predicted molar refractivity (Wildman–Crippen MR) is 79.4 cm³/mol. The molecule has 2 aromatic rings. The van der Waals surface area contributed by atoms with Crippen LogP contribution in [0, 0.1) is 0 Å². The van der Waals surface area contributed by atoms with Crippen molar-refractivity contribution in [3.05, 3.63) is 12.2 Å². The molecule has 2 rings (SSSR count). The number of nitrogens with zero attached hydrogens (tertiary/aromatic N) is 4. The summed E-state index contributed by atoms with van der Waals surface area (Å²) in [6, 6.07) is 0.304. The fraction of sp³-hybridized carbons (Fsp3) is 0.583. The number of hydrogen-bond donors (Lipinski definition) is 0. The smallest absolute Gasteiger partial charge is 0.245 e. The van der Waals surface area contributed by atoms with E-state index in [1.807, 2.05) is 0 Å². The molecular weight excluding hydrogens is 284 g/mol. The molecular formula is C12H17ClN4OS. The molecule has 0 aliphatic carbocycles. The van der Waals surface area contributed by atoms with E-state index in [2.05, 4.69) is 32.7 Å². The molecule has 7 heteroatoms. The SMILES string of the molecule is COc1ncnc2c1nc(CCCl)n2C(C)CSC. The van der Waals surface area contributed by atoms with Crippen molar-refractivity contribution in [3.63, 3.8) is 0 Å². The maximum Gasteiger partial charge on any atom is 0.245 e. The Morgan fingerprint density at radius 1 is 1.47 bits per heavy atom. The number of halogens is 1. The van der Waals surface area contributed by atoms with Crippen molar-refractivity contribution in [2.75, 3.05) is 25.0 Å². The maximum atomic E-state index is 5.87. The van der Waals surface area contributed by atoms with Gasteiger partial charge in [-0.1, -0.05) is 0 Å². The number of aryl methyl sites for hydroxylation is 1. The average molecular weight is 301 g/mol. The standard InChI is InChI=1S/C12H17ClN4OS/c1-8(6-19-3)17-9(4-5-13)16-10-11(17)14-7-15-12(10)18-2/h7-8H,4-6H2,1-3H3. The molecule has 2 heterocycles. The zero-order valence-corrected chi connectivity index (χ0v) is 12.8. The van der Waals surface area contributed by atoms with Crippen LogP contribution in [0.25, 0.3) is 11.2 Å². The zero-order chi connectivity index (χ0) is 13.8. The summed E-state index contributed by atoms with van der Waals surface area (Å²) in [6.07, 6.45) is 4.31. The van der Waals surface area contributed by atoms with Crippen molar-refractivity contribution < 1.29 is 4.74 Å². The molecule has 1 atom stereocenters. The number of fused-ring (bicyclic) bond motifs is 1. The van der Waals surface area contributed by atoms with Gasteiger partial charge >= 0.3 is 0 Å². The largest absolute Gasteiger partial charge is 0.479 e. The topological polar surface area (TPSA) is 52.8 Å². The Morgan fingerprint density at radius 2 is 2.26 bits per heavy atom. The summed E-state index contributed by atoms with van der Waals surface area (Å²) in [5, 5.41) is 0. The van der Waals surface area contributed by atoms with E-state index >= 15 is 0 Å². The number of rotatable bonds is 6. The maximum absolute atomic E-state index is 5.87. The predicted octanol–water partition coefficient (Wildman–Crippen LogP) is 2.54. The Bertz CT molecular complexity index is 560. The number of hydrogen-bond acceptors (Lipinski definition) is 5. The second-order valence-corrected chi connectivity index (χ2v) is 5.49. The van der Waals surface area contributed by atoms with Crippen LogP contribution >= 0.6 is 23.4 Å². The molecule has 0 aliphatic rings. The van der Waals surface area contributed by atoms with E-state index in [-0.39, 0.29) is 0 Å². The Morgan fingerprint density at radius 3 is 2.89 bits per heavy atom. The van der Waals surface area contributed by atoms with Crippen molar-refractivity contribution in [2.45, 2.75) is 19.4 Å². The quantitative estimate of drug-likeness (QED) is 0.767. The van der Waals surface area contributed by atoms with Gasteiger partial charge in [0, 0.05) is 24.1 Å². The van der Waals surface area contributed by atoms with Crippen LogP contribution in [-0.4, -0.2) is 44.5 Å². The lowest BCUT2D eigenvalue weighted by molar-refractivity contribution is 0.401. The first-order chi connectivity index (χ1) is 9.22. The molecule has 5 nitrogen and oxygen atoms in total. The highest BCUT2D eigenvalue weighted by Gasteiger charge is 2.19. The molecule has 1 unspecified atom stereocenters. The van der Waals surface area contributed by atoms with Crippen LogP contribution in [0.15, 0.2) is 6.33 Å². The Balaban J connectivity index is 2.60. The number of ether oxygens (including phenoxy) is 1. The number of thioether (sulfide) groups is 1. The summed E-state index contributed by atoms with van der Waals surface area (Å²) < 4.78 is 7.39. The molecule has 0 aliphatic heterocycles. The van der Waals surface area contributed by atoms with Crippen LogP contribution in [0.3, 0.4) is 0 Å². The molecule has 19 heavy (non-hydrogen) atoms. The van der Waals surface area contributed by atoms with E-state index in [9.17, 15) is 0 Å². The van der Waals surface area contributed by atoms with E-state index < -0.39 is 0 Å². The van der Waals surface area contributed by atoms with Crippen LogP contribution in [0.2, 0.25) is 0 Å². The van der Waals surface area contributed by atoms with Gasteiger partial charge in [-0.3, -0.25) is 0 Å². The summed E-state index contributed by atoms with van der Waals surface area (Å²) >= 11 is 7.66. The molecule has 0 radical (unpaired) electrons. The normalized spacial score (nSPS) is 12.8. The highest BCUT2D eigenvalue weighted by atomic mass is 35.5. The highest BCUT2D eigenvalue weighted by Crippen LogP contribution is 2.26. The Labute approximate surface area is 121 Å². The van der Waals surface area contributed by atoms with E-state index in [0.29, 0.717) is 29.7 Å². The van der Waals surface area contributed by atoms with Crippen LogP contribution < -0.4 is 4.74 Å². The molecule has 2 aromatic heterocycles. The van der Waals surface area contributed by atoms with Gasteiger partial charge in [0.2, 0.25) is 5.88 Å². The van der Waals surface area contributed by atoms with Gasteiger partial charge in [-0.15, -0.1) is 11.6 Å². The zero-order valence-electron chi connectivity index (χ0n) is 11.3. The van der Waals surface area contributed by atoms with Crippen molar-refractivity contribution in [1.29, 1.82) is 0 Å². The molecule has 0 fully saturated rings. The van der Waals surface area contributed by atoms with Crippen molar-refractivity contribution in [3.8, 4) is 5.88 Å². The molecule has 0 spiro atoms. The van der Waals surface area contributed by atoms with E-state index in [1.165, 1.54) is 6.33 Å². The molecule has 0 amide bonds. The lowest BCUT2D eigenvalue weighted by atomic mass is 10.3. The summed E-state index contributed by atoms with van der Waals surface area (Å²) in [5.74, 6) is 2.97. The van der Waals surface area contributed by atoms with E-state index in [0.717, 1.165) is 17.2 Å². The van der Waals surface area contributed by atoms with Crippen LogP contribution in [0.1, 0.15) is 18.8 Å². The molecule has 0 N–H and O–H groups in total. The van der Waals surface area contributed by atoms with Crippen molar-refractivity contribution in [1.82, 2.24) is 19.5 Å². The van der Waals surface area contributed by atoms with Crippen LogP contribution in [0.5, 0.6) is 5.88 Å². The van der Waals surface area contributed by atoms with Crippen molar-refractivity contribution >= 4 is 34.5 Å². The monoisotopic (exact) mass is 300 g/mol. The highest BCUT2D eigenvalue weighted by molar-refractivity contribution is 7.98. The molecule has 0 saturated carbocycles. The minimum atomic E-state index is 0.304. The molecule has 0 aromatic carbocycles. The van der Waals surface area contributed by atoms with Crippen molar-refractivity contribution in [2.24, 2.45) is 0 Å². The summed E-state index contributed by atoms with van der Waals surface area (Å²) in [6.45, 7) is 2.16. The number of methoxy groups -OCH3 is 1. The Hall–Kier alpha value is -1.01. The first-order valence-electron chi connectivity index (χ1n) is 6.03. The second kappa shape index (κ2) is 6.43. The van der Waals surface area contributed by atoms with Gasteiger partial charge < -0.3 is 9.30 Å². The first kappa shape index (κ1) is 14.4. The number of alkyl halides is 1.